The van der Waals surface area contributed by atoms with Crippen molar-refractivity contribution >= 4 is 23.2 Å². The maximum Gasteiger partial charge on any atom is 0.223 e. The molecule has 1 amide bonds. The number of nitrogens with zero attached hydrogens (tertiary/aromatic N) is 2. The second kappa shape index (κ2) is 9.62. The van der Waals surface area contributed by atoms with Crippen molar-refractivity contribution in [3.05, 3.63) is 59.1 Å². The molecule has 1 aliphatic heterocycles. The minimum atomic E-state index is 0.202. The first-order valence-electron chi connectivity index (χ1n) is 9.28. The maximum absolute atomic E-state index is 12.5. The van der Waals surface area contributed by atoms with Crippen LogP contribution in [0.4, 0.5) is 5.69 Å². The number of ether oxygens (including phenoxy) is 1. The van der Waals surface area contributed by atoms with Gasteiger partial charge in [-0.2, -0.15) is 0 Å². The molecule has 0 aliphatic carbocycles. The van der Waals surface area contributed by atoms with E-state index in [0.717, 1.165) is 48.2 Å². The van der Waals surface area contributed by atoms with Crippen molar-refractivity contribution in [1.82, 2.24) is 10.2 Å². The molecule has 1 fully saturated rings. The zero-order valence-corrected chi connectivity index (χ0v) is 16.4. The van der Waals surface area contributed by atoms with Gasteiger partial charge in [0.2, 0.25) is 5.91 Å². The Kier molecular flexibility index (Phi) is 6.96. The third-order valence-electron chi connectivity index (χ3n) is 4.83. The number of halogens is 1. The number of carbonyl (C=O) groups excluding carboxylic acids is 1. The summed E-state index contributed by atoms with van der Waals surface area (Å²) in [4.78, 5) is 16.7. The van der Waals surface area contributed by atoms with Gasteiger partial charge in [-0.25, -0.2) is 0 Å². The van der Waals surface area contributed by atoms with Crippen LogP contribution in [-0.4, -0.2) is 50.6 Å². The van der Waals surface area contributed by atoms with Gasteiger partial charge < -0.3 is 19.9 Å². The van der Waals surface area contributed by atoms with Crippen molar-refractivity contribution in [3.63, 3.8) is 0 Å². The zero-order valence-electron chi connectivity index (χ0n) is 15.7. The molecule has 0 radical (unpaired) electrons. The Labute approximate surface area is 165 Å². The first-order valence-corrected chi connectivity index (χ1v) is 9.66. The predicted octanol–water partition coefficient (Wildman–Crippen LogP) is 3.18. The highest BCUT2D eigenvalue weighted by atomic mass is 35.5. The molecule has 0 saturated carbocycles. The first kappa shape index (κ1) is 19.5. The van der Waals surface area contributed by atoms with Gasteiger partial charge in [0.1, 0.15) is 5.75 Å². The topological polar surface area (TPSA) is 44.8 Å². The number of rotatable bonds is 7. The van der Waals surface area contributed by atoms with E-state index < -0.39 is 0 Å². The van der Waals surface area contributed by atoms with Crippen LogP contribution in [0.1, 0.15) is 12.0 Å². The Bertz CT molecular complexity index is 761. The van der Waals surface area contributed by atoms with Crippen molar-refractivity contribution < 1.29 is 9.53 Å². The van der Waals surface area contributed by atoms with E-state index in [2.05, 4.69) is 16.3 Å². The maximum atomic E-state index is 12.5. The Morgan fingerprint density at radius 1 is 1.11 bits per heavy atom. The molecule has 27 heavy (non-hydrogen) atoms. The van der Waals surface area contributed by atoms with Crippen LogP contribution in [0.5, 0.6) is 5.75 Å². The lowest BCUT2D eigenvalue weighted by atomic mass is 10.2. The summed E-state index contributed by atoms with van der Waals surface area (Å²) in [5, 5.41) is 4.08. The molecule has 5 nitrogen and oxygen atoms in total. The highest BCUT2D eigenvalue weighted by molar-refractivity contribution is 6.30. The van der Waals surface area contributed by atoms with Crippen LogP contribution in [0.25, 0.3) is 0 Å². The summed E-state index contributed by atoms with van der Waals surface area (Å²) in [7, 11) is 1.67. The van der Waals surface area contributed by atoms with Crippen LogP contribution in [0, 0.1) is 0 Å². The van der Waals surface area contributed by atoms with E-state index in [1.54, 1.807) is 7.11 Å². The second-order valence-electron chi connectivity index (χ2n) is 6.59. The summed E-state index contributed by atoms with van der Waals surface area (Å²) in [5.74, 6) is 1.07. The van der Waals surface area contributed by atoms with E-state index in [0.29, 0.717) is 19.5 Å². The summed E-state index contributed by atoms with van der Waals surface area (Å²) in [5.41, 5.74) is 2.22. The molecule has 1 N–H and O–H groups in total. The number of amides is 1. The van der Waals surface area contributed by atoms with E-state index in [4.69, 9.17) is 16.3 Å². The average molecular weight is 388 g/mol. The van der Waals surface area contributed by atoms with E-state index in [9.17, 15) is 4.79 Å². The van der Waals surface area contributed by atoms with E-state index in [-0.39, 0.29) is 5.91 Å². The largest absolute Gasteiger partial charge is 0.496 e. The van der Waals surface area contributed by atoms with Crippen molar-refractivity contribution in [1.29, 1.82) is 0 Å². The molecule has 0 atom stereocenters. The Hall–Kier alpha value is -2.24. The number of benzene rings is 2. The molecule has 1 saturated heterocycles. The molecule has 1 heterocycles. The predicted molar refractivity (Wildman–Crippen MR) is 110 cm³/mol. The van der Waals surface area contributed by atoms with E-state index in [1.165, 1.54) is 0 Å². The molecular formula is C21H26ClN3O2. The number of para-hydroxylation sites is 1. The number of carbonyl (C=O) groups is 1. The fourth-order valence-corrected chi connectivity index (χ4v) is 3.50. The summed E-state index contributed by atoms with van der Waals surface area (Å²) in [6.45, 7) is 4.52. The standard InChI is InChI=1S/C21H26ClN3O2/c1-27-20-8-3-2-5-17(20)16-23-10-9-21(26)25-13-11-24(12-14-25)19-7-4-6-18(22)15-19/h2-8,15,23H,9-14,16H2,1H3. The second-order valence-corrected chi connectivity index (χ2v) is 7.02. The summed E-state index contributed by atoms with van der Waals surface area (Å²) < 4.78 is 5.34. The van der Waals surface area contributed by atoms with Crippen LogP contribution in [0.3, 0.4) is 0 Å². The van der Waals surface area contributed by atoms with Crippen molar-refractivity contribution in [2.24, 2.45) is 0 Å². The molecular weight excluding hydrogens is 362 g/mol. The molecule has 3 rings (SSSR count). The number of hydrogen-bond acceptors (Lipinski definition) is 4. The Morgan fingerprint density at radius 2 is 1.89 bits per heavy atom. The number of hydrogen-bond donors (Lipinski definition) is 1. The summed E-state index contributed by atoms with van der Waals surface area (Å²) in [6.07, 6.45) is 0.506. The fourth-order valence-electron chi connectivity index (χ4n) is 3.31. The normalized spacial score (nSPS) is 14.3. The van der Waals surface area contributed by atoms with Gasteiger partial charge in [0.15, 0.2) is 0 Å². The molecule has 0 unspecified atom stereocenters. The minimum Gasteiger partial charge on any atom is -0.496 e. The van der Waals surface area contributed by atoms with E-state index >= 15 is 0 Å². The van der Waals surface area contributed by atoms with Gasteiger partial charge in [-0.3, -0.25) is 4.79 Å². The first-order chi connectivity index (χ1) is 13.2. The van der Waals surface area contributed by atoms with Gasteiger partial charge in [0.25, 0.3) is 0 Å². The quantitative estimate of drug-likeness (QED) is 0.741. The van der Waals surface area contributed by atoms with Gasteiger partial charge in [0.05, 0.1) is 7.11 Å². The lowest BCUT2D eigenvalue weighted by molar-refractivity contribution is -0.131. The van der Waals surface area contributed by atoms with Gasteiger partial charge >= 0.3 is 0 Å². The number of nitrogens with one attached hydrogen (secondary N) is 1. The lowest BCUT2D eigenvalue weighted by Crippen LogP contribution is -2.49. The summed E-state index contributed by atoms with van der Waals surface area (Å²) >= 11 is 6.07. The van der Waals surface area contributed by atoms with Crippen LogP contribution in [0.15, 0.2) is 48.5 Å². The van der Waals surface area contributed by atoms with Crippen molar-refractivity contribution in [2.75, 3.05) is 44.7 Å². The van der Waals surface area contributed by atoms with Gasteiger partial charge in [0, 0.05) is 62.0 Å². The monoisotopic (exact) mass is 387 g/mol. The van der Waals surface area contributed by atoms with Crippen LogP contribution in [0.2, 0.25) is 5.02 Å². The Balaban J connectivity index is 1.39. The van der Waals surface area contributed by atoms with Crippen LogP contribution < -0.4 is 15.0 Å². The van der Waals surface area contributed by atoms with Crippen LogP contribution >= 0.6 is 11.6 Å². The molecule has 0 bridgehead atoms. The Morgan fingerprint density at radius 3 is 2.63 bits per heavy atom. The summed E-state index contributed by atoms with van der Waals surface area (Å²) in [6, 6.07) is 15.8. The van der Waals surface area contributed by atoms with Crippen molar-refractivity contribution in [3.8, 4) is 5.75 Å². The minimum absolute atomic E-state index is 0.202. The highest BCUT2D eigenvalue weighted by Crippen LogP contribution is 2.21. The number of methoxy groups -OCH3 is 1. The van der Waals surface area contributed by atoms with Crippen LogP contribution in [-0.2, 0) is 11.3 Å². The third kappa shape index (κ3) is 5.37. The van der Waals surface area contributed by atoms with Gasteiger partial charge in [-0.15, -0.1) is 0 Å². The number of piperazine rings is 1. The number of anilines is 1. The van der Waals surface area contributed by atoms with Gasteiger partial charge in [-0.05, 0) is 24.3 Å². The fraction of sp³-hybridized carbons (Fsp3) is 0.381. The third-order valence-corrected chi connectivity index (χ3v) is 5.06. The van der Waals surface area contributed by atoms with Crippen molar-refractivity contribution in [2.45, 2.75) is 13.0 Å². The van der Waals surface area contributed by atoms with E-state index in [1.807, 2.05) is 47.4 Å². The molecule has 0 spiro atoms. The zero-order chi connectivity index (χ0) is 19.1. The molecule has 0 aromatic heterocycles. The molecule has 2 aromatic rings. The molecule has 2 aromatic carbocycles. The molecule has 1 aliphatic rings. The average Bonchev–Trinajstić information content (AvgIpc) is 2.71. The SMILES string of the molecule is COc1ccccc1CNCCC(=O)N1CCN(c2cccc(Cl)c2)CC1. The molecule has 6 heteroatoms. The molecule has 144 valence electrons. The van der Waals surface area contributed by atoms with Gasteiger partial charge in [-0.1, -0.05) is 35.9 Å². The lowest BCUT2D eigenvalue weighted by Gasteiger charge is -2.36. The smallest absolute Gasteiger partial charge is 0.223 e. The highest BCUT2D eigenvalue weighted by Gasteiger charge is 2.21.